The van der Waals surface area contributed by atoms with E-state index in [2.05, 4.69) is 25.6 Å². The summed E-state index contributed by atoms with van der Waals surface area (Å²) < 4.78 is 26.9. The fourth-order valence-electron chi connectivity index (χ4n) is 1.40. The average Bonchev–Trinajstić information content (AvgIpc) is 2.81. The van der Waals surface area contributed by atoms with Gasteiger partial charge in [-0.15, -0.1) is 11.3 Å². The van der Waals surface area contributed by atoms with Crippen LogP contribution in [0.15, 0.2) is 39.3 Å². The maximum atomic E-state index is 12.1. The van der Waals surface area contributed by atoms with E-state index in [1.54, 1.807) is 24.5 Å². The molecule has 2 aromatic rings. The van der Waals surface area contributed by atoms with Crippen LogP contribution in [0, 0.1) is 0 Å². The zero-order valence-corrected chi connectivity index (χ0v) is 13.1. The maximum absolute atomic E-state index is 12.1. The molecule has 0 amide bonds. The first-order chi connectivity index (χ1) is 9.40. The van der Waals surface area contributed by atoms with E-state index in [4.69, 9.17) is 5.11 Å². The minimum Gasteiger partial charge on any atom is -0.477 e. The maximum Gasteiger partial charge on any atom is 0.345 e. The van der Waals surface area contributed by atoms with Crippen LogP contribution in [0.25, 0.3) is 0 Å². The Balaban J connectivity index is 2.20. The van der Waals surface area contributed by atoms with Crippen molar-refractivity contribution >= 4 is 43.3 Å². The molecule has 0 spiro atoms. The number of hydrogen-bond donors (Lipinski definition) is 2. The Morgan fingerprint density at radius 2 is 2.05 bits per heavy atom. The number of carbonyl (C=O) groups is 1. The summed E-state index contributed by atoms with van der Waals surface area (Å²) in [6.45, 7) is 0.107. The van der Waals surface area contributed by atoms with Crippen molar-refractivity contribution in [2.75, 3.05) is 0 Å². The third-order valence-electron chi connectivity index (χ3n) is 2.37. The number of hydrogen-bond acceptors (Lipinski definition) is 5. The molecule has 0 fully saturated rings. The van der Waals surface area contributed by atoms with E-state index >= 15 is 0 Å². The SMILES string of the molecule is O=C(O)c1cc(S(=O)(=O)NCc2ccncc2)c(Br)s1. The van der Waals surface area contributed by atoms with Crippen molar-refractivity contribution in [2.24, 2.45) is 0 Å². The van der Waals surface area contributed by atoms with Crippen LogP contribution in [-0.4, -0.2) is 24.5 Å². The van der Waals surface area contributed by atoms with Crippen LogP contribution in [0.3, 0.4) is 0 Å². The van der Waals surface area contributed by atoms with Gasteiger partial charge in [-0.1, -0.05) is 0 Å². The number of thiophene rings is 1. The lowest BCUT2D eigenvalue weighted by molar-refractivity contribution is 0.0702. The predicted octanol–water partition coefficient (Wildman–Crippen LogP) is 2.08. The normalized spacial score (nSPS) is 11.4. The van der Waals surface area contributed by atoms with Gasteiger partial charge in [0.05, 0.1) is 3.79 Å². The molecule has 2 aromatic heterocycles. The largest absolute Gasteiger partial charge is 0.477 e. The van der Waals surface area contributed by atoms with Crippen LogP contribution in [-0.2, 0) is 16.6 Å². The molecule has 106 valence electrons. The summed E-state index contributed by atoms with van der Waals surface area (Å²) in [5.41, 5.74) is 0.758. The molecule has 0 radical (unpaired) electrons. The van der Waals surface area contributed by atoms with Crippen molar-refractivity contribution < 1.29 is 18.3 Å². The molecule has 0 aliphatic carbocycles. The van der Waals surface area contributed by atoms with Gasteiger partial charge in [0.1, 0.15) is 9.77 Å². The molecule has 0 aliphatic heterocycles. The molecule has 2 rings (SSSR count). The van der Waals surface area contributed by atoms with Gasteiger partial charge < -0.3 is 5.11 Å². The Kier molecular flexibility index (Phi) is 4.53. The van der Waals surface area contributed by atoms with E-state index in [-0.39, 0.29) is 20.1 Å². The van der Waals surface area contributed by atoms with Gasteiger partial charge in [0.15, 0.2) is 0 Å². The number of nitrogens with zero attached hydrogens (tertiary/aromatic N) is 1. The number of carboxylic acids is 1. The third kappa shape index (κ3) is 3.42. The summed E-state index contributed by atoms with van der Waals surface area (Å²) in [5.74, 6) is -1.16. The molecule has 2 N–H and O–H groups in total. The monoisotopic (exact) mass is 376 g/mol. The zero-order valence-electron chi connectivity index (χ0n) is 9.91. The fourth-order valence-corrected chi connectivity index (χ4v) is 4.82. The highest BCUT2D eigenvalue weighted by molar-refractivity contribution is 9.11. The van der Waals surface area contributed by atoms with Crippen molar-refractivity contribution in [3.05, 3.63) is 44.8 Å². The van der Waals surface area contributed by atoms with Gasteiger partial charge in [-0.3, -0.25) is 4.98 Å². The molecule has 6 nitrogen and oxygen atoms in total. The lowest BCUT2D eigenvalue weighted by atomic mass is 10.3. The Morgan fingerprint density at radius 3 is 2.60 bits per heavy atom. The molecule has 9 heteroatoms. The van der Waals surface area contributed by atoms with Gasteiger partial charge in [0.2, 0.25) is 10.0 Å². The van der Waals surface area contributed by atoms with Crippen molar-refractivity contribution in [3.63, 3.8) is 0 Å². The van der Waals surface area contributed by atoms with Gasteiger partial charge in [0.25, 0.3) is 0 Å². The number of rotatable bonds is 5. The van der Waals surface area contributed by atoms with Crippen LogP contribution < -0.4 is 4.72 Å². The highest BCUT2D eigenvalue weighted by Crippen LogP contribution is 2.31. The summed E-state index contributed by atoms with van der Waals surface area (Å²) in [5, 5.41) is 8.86. The van der Waals surface area contributed by atoms with Crippen LogP contribution in [0.4, 0.5) is 0 Å². The average molecular weight is 377 g/mol. The summed E-state index contributed by atoms with van der Waals surface area (Å²) in [7, 11) is -3.77. The Hall–Kier alpha value is -1.29. The molecule has 20 heavy (non-hydrogen) atoms. The van der Waals surface area contributed by atoms with Crippen LogP contribution in [0.2, 0.25) is 0 Å². The Bertz CT molecular complexity index is 728. The third-order valence-corrected chi connectivity index (χ3v) is 6.01. The number of pyridine rings is 1. The highest BCUT2D eigenvalue weighted by Gasteiger charge is 2.22. The number of sulfonamides is 1. The minimum atomic E-state index is -3.77. The number of aromatic nitrogens is 1. The second kappa shape index (κ2) is 6.00. The van der Waals surface area contributed by atoms with Crippen molar-refractivity contribution in [1.82, 2.24) is 9.71 Å². The van der Waals surface area contributed by atoms with Gasteiger partial charge >= 0.3 is 5.97 Å². The van der Waals surface area contributed by atoms with E-state index in [1.165, 1.54) is 0 Å². The van der Waals surface area contributed by atoms with Gasteiger partial charge in [0, 0.05) is 18.9 Å². The molecule has 0 atom stereocenters. The number of aromatic carboxylic acids is 1. The minimum absolute atomic E-state index is 0.0406. The molecule has 0 saturated heterocycles. The summed E-state index contributed by atoms with van der Waals surface area (Å²) in [6.07, 6.45) is 3.12. The van der Waals surface area contributed by atoms with E-state index < -0.39 is 16.0 Å². The van der Waals surface area contributed by atoms with E-state index in [0.717, 1.165) is 23.0 Å². The van der Waals surface area contributed by atoms with Crippen molar-refractivity contribution in [3.8, 4) is 0 Å². The molecule has 0 bridgehead atoms. The van der Waals surface area contributed by atoms with E-state index in [9.17, 15) is 13.2 Å². The molecule has 0 unspecified atom stereocenters. The van der Waals surface area contributed by atoms with Crippen molar-refractivity contribution in [2.45, 2.75) is 11.4 Å². The second-order valence-electron chi connectivity index (χ2n) is 3.73. The number of nitrogens with one attached hydrogen (secondary N) is 1. The molecule has 0 aromatic carbocycles. The van der Waals surface area contributed by atoms with Gasteiger partial charge in [-0.2, -0.15) is 0 Å². The Morgan fingerprint density at radius 1 is 1.40 bits per heavy atom. The number of halogens is 1. The molecule has 2 heterocycles. The van der Waals surface area contributed by atoms with Crippen LogP contribution in [0.5, 0.6) is 0 Å². The molecular formula is C11H9BrN2O4S2. The fraction of sp³-hybridized carbons (Fsp3) is 0.0909. The molecule has 0 saturated carbocycles. The van der Waals surface area contributed by atoms with Crippen molar-refractivity contribution in [1.29, 1.82) is 0 Å². The van der Waals surface area contributed by atoms with Gasteiger partial charge in [-0.25, -0.2) is 17.9 Å². The zero-order chi connectivity index (χ0) is 14.8. The Labute approximate surface area is 127 Å². The summed E-state index contributed by atoms with van der Waals surface area (Å²) in [6, 6.07) is 4.51. The quantitative estimate of drug-likeness (QED) is 0.832. The lowest BCUT2D eigenvalue weighted by Crippen LogP contribution is -2.23. The molecule has 0 aliphatic rings. The first-order valence-corrected chi connectivity index (χ1v) is 8.40. The first-order valence-electron chi connectivity index (χ1n) is 5.31. The number of carboxylic acid groups (broad SMARTS) is 1. The van der Waals surface area contributed by atoms with Crippen LogP contribution >= 0.6 is 27.3 Å². The topological polar surface area (TPSA) is 96.4 Å². The highest BCUT2D eigenvalue weighted by atomic mass is 79.9. The second-order valence-corrected chi connectivity index (χ2v) is 7.84. The van der Waals surface area contributed by atoms with Gasteiger partial charge in [-0.05, 0) is 39.7 Å². The lowest BCUT2D eigenvalue weighted by Gasteiger charge is -2.05. The summed E-state index contributed by atoms with van der Waals surface area (Å²) >= 11 is 3.93. The summed E-state index contributed by atoms with van der Waals surface area (Å²) in [4.78, 5) is 14.6. The van der Waals surface area contributed by atoms with Crippen LogP contribution in [0.1, 0.15) is 15.2 Å². The van der Waals surface area contributed by atoms with E-state index in [0.29, 0.717) is 0 Å². The first kappa shape index (κ1) is 15.1. The molecular weight excluding hydrogens is 368 g/mol. The predicted molar refractivity (Wildman–Crippen MR) is 77.2 cm³/mol. The van der Waals surface area contributed by atoms with E-state index in [1.807, 2.05) is 0 Å². The smallest absolute Gasteiger partial charge is 0.345 e. The standard InChI is InChI=1S/C11H9BrN2O4S2/c12-10-9(5-8(19-10)11(15)16)20(17,18)14-6-7-1-3-13-4-2-7/h1-5,14H,6H2,(H,15,16).